The number of benzene rings is 2. The van der Waals surface area contributed by atoms with E-state index in [-0.39, 0.29) is 5.75 Å². The molecule has 6 nitrogen and oxygen atoms in total. The molecule has 0 saturated carbocycles. The molecule has 120 valence electrons. The van der Waals surface area contributed by atoms with Gasteiger partial charge in [-0.3, -0.25) is 9.59 Å². The van der Waals surface area contributed by atoms with Crippen molar-refractivity contribution in [3.63, 3.8) is 0 Å². The molecule has 0 fully saturated rings. The smallest absolute Gasteiger partial charge is 0.313 e. The molecular weight excluding hydrogens is 294 g/mol. The van der Waals surface area contributed by atoms with Crippen molar-refractivity contribution in [3.05, 3.63) is 54.6 Å². The number of aromatic hydroxyl groups is 1. The first-order valence-corrected chi connectivity index (χ1v) is 7.32. The SMILES string of the molecule is O=C(NCCCNc1ccccc1)C(=O)Nc1cccc(O)c1. The van der Waals surface area contributed by atoms with Crippen LogP contribution in [-0.2, 0) is 9.59 Å². The van der Waals surface area contributed by atoms with E-state index in [2.05, 4.69) is 16.0 Å². The molecule has 2 aromatic rings. The molecule has 0 atom stereocenters. The molecule has 6 heteroatoms. The lowest BCUT2D eigenvalue weighted by Crippen LogP contribution is -2.36. The second kappa shape index (κ2) is 8.43. The van der Waals surface area contributed by atoms with Crippen LogP contribution in [0.25, 0.3) is 0 Å². The van der Waals surface area contributed by atoms with E-state index in [9.17, 15) is 14.7 Å². The van der Waals surface area contributed by atoms with Gasteiger partial charge in [0.2, 0.25) is 0 Å². The molecule has 0 aliphatic rings. The van der Waals surface area contributed by atoms with Crippen LogP contribution in [0.2, 0.25) is 0 Å². The molecule has 0 aliphatic carbocycles. The summed E-state index contributed by atoms with van der Waals surface area (Å²) in [6.07, 6.45) is 0.694. The highest BCUT2D eigenvalue weighted by atomic mass is 16.3. The first-order valence-electron chi connectivity index (χ1n) is 7.32. The molecule has 0 aliphatic heterocycles. The summed E-state index contributed by atoms with van der Waals surface area (Å²) in [7, 11) is 0. The van der Waals surface area contributed by atoms with Crippen LogP contribution >= 0.6 is 0 Å². The van der Waals surface area contributed by atoms with Crippen LogP contribution in [0.5, 0.6) is 5.75 Å². The molecule has 0 aromatic heterocycles. The number of phenols is 1. The Morgan fingerprint density at radius 3 is 2.35 bits per heavy atom. The number of hydrogen-bond donors (Lipinski definition) is 4. The first kappa shape index (κ1) is 16.4. The number of nitrogens with one attached hydrogen (secondary N) is 3. The minimum Gasteiger partial charge on any atom is -0.508 e. The van der Waals surface area contributed by atoms with Gasteiger partial charge in [0.1, 0.15) is 5.75 Å². The Bertz CT molecular complexity index is 659. The highest BCUT2D eigenvalue weighted by Crippen LogP contribution is 2.14. The second-order valence-corrected chi connectivity index (χ2v) is 4.91. The van der Waals surface area contributed by atoms with Crippen molar-refractivity contribution in [2.45, 2.75) is 6.42 Å². The van der Waals surface area contributed by atoms with Crippen LogP contribution in [-0.4, -0.2) is 30.0 Å². The number of rotatable bonds is 6. The zero-order chi connectivity index (χ0) is 16.5. The van der Waals surface area contributed by atoms with E-state index >= 15 is 0 Å². The fourth-order valence-corrected chi connectivity index (χ4v) is 1.93. The normalized spacial score (nSPS) is 9.91. The van der Waals surface area contributed by atoms with Crippen LogP contribution in [0.3, 0.4) is 0 Å². The quantitative estimate of drug-likeness (QED) is 0.485. The van der Waals surface area contributed by atoms with Gasteiger partial charge in [-0.1, -0.05) is 24.3 Å². The fraction of sp³-hybridized carbons (Fsp3) is 0.176. The van der Waals surface area contributed by atoms with Gasteiger partial charge in [0.05, 0.1) is 0 Å². The van der Waals surface area contributed by atoms with E-state index < -0.39 is 11.8 Å². The van der Waals surface area contributed by atoms with Gasteiger partial charge in [-0.05, 0) is 30.7 Å². The Kier molecular flexibility index (Phi) is 5.99. The molecule has 2 rings (SSSR count). The maximum atomic E-state index is 11.7. The van der Waals surface area contributed by atoms with E-state index in [4.69, 9.17) is 0 Å². The molecule has 23 heavy (non-hydrogen) atoms. The van der Waals surface area contributed by atoms with E-state index in [0.717, 1.165) is 5.69 Å². The number of amides is 2. The molecule has 0 radical (unpaired) electrons. The Hall–Kier alpha value is -3.02. The van der Waals surface area contributed by atoms with E-state index in [1.807, 2.05) is 30.3 Å². The summed E-state index contributed by atoms with van der Waals surface area (Å²) in [5, 5.41) is 17.5. The van der Waals surface area contributed by atoms with Crippen molar-refractivity contribution in [1.82, 2.24) is 5.32 Å². The third-order valence-electron chi connectivity index (χ3n) is 3.05. The van der Waals surface area contributed by atoms with Crippen molar-refractivity contribution in [2.75, 3.05) is 23.7 Å². The summed E-state index contributed by atoms with van der Waals surface area (Å²) in [5.74, 6) is -1.44. The Morgan fingerprint density at radius 2 is 1.61 bits per heavy atom. The molecule has 2 aromatic carbocycles. The van der Waals surface area contributed by atoms with Crippen molar-refractivity contribution < 1.29 is 14.7 Å². The van der Waals surface area contributed by atoms with Crippen LogP contribution in [0, 0.1) is 0 Å². The van der Waals surface area contributed by atoms with E-state index in [1.165, 1.54) is 12.1 Å². The summed E-state index contributed by atoms with van der Waals surface area (Å²) in [6, 6.07) is 15.8. The van der Waals surface area contributed by atoms with Gasteiger partial charge in [-0.2, -0.15) is 0 Å². The van der Waals surface area contributed by atoms with Gasteiger partial charge in [0, 0.05) is 30.5 Å². The molecule has 4 N–H and O–H groups in total. The number of hydrogen-bond acceptors (Lipinski definition) is 4. The summed E-state index contributed by atoms with van der Waals surface area (Å²) in [5.41, 5.74) is 1.39. The molecular formula is C17H19N3O3. The second-order valence-electron chi connectivity index (χ2n) is 4.91. The summed E-state index contributed by atoms with van der Waals surface area (Å²) in [6.45, 7) is 1.09. The van der Waals surface area contributed by atoms with Crippen LogP contribution in [0.1, 0.15) is 6.42 Å². The highest BCUT2D eigenvalue weighted by molar-refractivity contribution is 6.39. The zero-order valence-corrected chi connectivity index (χ0v) is 12.6. The topological polar surface area (TPSA) is 90.5 Å². The monoisotopic (exact) mass is 313 g/mol. The van der Waals surface area contributed by atoms with E-state index in [1.54, 1.807) is 12.1 Å². The molecule has 0 heterocycles. The summed E-state index contributed by atoms with van der Waals surface area (Å²) in [4.78, 5) is 23.3. The molecule has 0 spiro atoms. The molecule has 2 amide bonds. The van der Waals surface area contributed by atoms with Crippen LogP contribution in [0.15, 0.2) is 54.6 Å². The lowest BCUT2D eigenvalue weighted by Gasteiger charge is -2.08. The third kappa shape index (κ3) is 5.70. The maximum Gasteiger partial charge on any atom is 0.313 e. The number of anilines is 2. The van der Waals surface area contributed by atoms with Crippen molar-refractivity contribution in [3.8, 4) is 5.75 Å². The largest absolute Gasteiger partial charge is 0.508 e. The Morgan fingerprint density at radius 1 is 0.870 bits per heavy atom. The van der Waals surface area contributed by atoms with Crippen molar-refractivity contribution in [2.24, 2.45) is 0 Å². The Balaban J connectivity index is 1.65. The standard InChI is InChI=1S/C17H19N3O3/c21-15-9-4-8-14(12-15)20-17(23)16(22)19-11-5-10-18-13-6-2-1-3-7-13/h1-4,6-9,12,18,21H,5,10-11H2,(H,19,22)(H,20,23). The van der Waals surface area contributed by atoms with Crippen LogP contribution in [0.4, 0.5) is 11.4 Å². The molecule has 0 bridgehead atoms. The molecule has 0 saturated heterocycles. The summed E-state index contributed by atoms with van der Waals surface area (Å²) < 4.78 is 0. The zero-order valence-electron chi connectivity index (χ0n) is 12.6. The van der Waals surface area contributed by atoms with Gasteiger partial charge < -0.3 is 21.1 Å². The highest BCUT2D eigenvalue weighted by Gasteiger charge is 2.12. The third-order valence-corrected chi connectivity index (χ3v) is 3.05. The lowest BCUT2D eigenvalue weighted by atomic mass is 10.3. The van der Waals surface area contributed by atoms with E-state index in [0.29, 0.717) is 25.2 Å². The number of carbonyl (C=O) groups is 2. The van der Waals surface area contributed by atoms with Crippen LogP contribution < -0.4 is 16.0 Å². The number of para-hydroxylation sites is 1. The summed E-state index contributed by atoms with van der Waals surface area (Å²) >= 11 is 0. The predicted octanol–water partition coefficient (Wildman–Crippen LogP) is 1.95. The average molecular weight is 313 g/mol. The Labute approximate surface area is 134 Å². The van der Waals surface area contributed by atoms with Crippen molar-refractivity contribution >= 4 is 23.2 Å². The van der Waals surface area contributed by atoms with Gasteiger partial charge in [-0.25, -0.2) is 0 Å². The van der Waals surface area contributed by atoms with Crippen molar-refractivity contribution in [1.29, 1.82) is 0 Å². The predicted molar refractivity (Wildman–Crippen MR) is 89.3 cm³/mol. The number of phenolic OH excluding ortho intramolecular Hbond substituents is 1. The van der Waals surface area contributed by atoms with Gasteiger partial charge in [0.25, 0.3) is 0 Å². The van der Waals surface area contributed by atoms with Gasteiger partial charge >= 0.3 is 11.8 Å². The van der Waals surface area contributed by atoms with Gasteiger partial charge in [-0.15, -0.1) is 0 Å². The minimum absolute atomic E-state index is 0.0233. The first-order chi connectivity index (χ1) is 11.1. The fourth-order valence-electron chi connectivity index (χ4n) is 1.93. The van der Waals surface area contributed by atoms with Gasteiger partial charge in [0.15, 0.2) is 0 Å². The minimum atomic E-state index is -0.758. The average Bonchev–Trinajstić information content (AvgIpc) is 2.55. The maximum absolute atomic E-state index is 11.7. The molecule has 0 unspecified atom stereocenters. The number of carbonyl (C=O) groups excluding carboxylic acids is 2. The lowest BCUT2D eigenvalue weighted by molar-refractivity contribution is -0.136.